The Morgan fingerprint density at radius 2 is 2.18 bits per heavy atom. The lowest BCUT2D eigenvalue weighted by atomic mass is 9.69. The minimum Gasteiger partial charge on any atom is -0.508 e. The number of rotatable bonds is 2. The Morgan fingerprint density at radius 3 is 2.76 bits per heavy atom. The highest BCUT2D eigenvalue weighted by atomic mass is 35.5. The standard InChI is InChI=1S/C13H18ClNOS/c1-13(2)10-7-9(16)5-4-8(10)6-11(17-3)12(13)15-14/h4-5,7,11-12,15-16H,6H2,1-3H3/t11-,12-/m1/s1. The molecule has 0 fully saturated rings. The van der Waals surface area contributed by atoms with E-state index < -0.39 is 0 Å². The number of phenolic OH excluding ortho intramolecular Hbond substituents is 1. The van der Waals surface area contributed by atoms with Crippen LogP contribution in [0.25, 0.3) is 0 Å². The second kappa shape index (κ2) is 4.71. The van der Waals surface area contributed by atoms with Gasteiger partial charge in [-0.15, -0.1) is 0 Å². The van der Waals surface area contributed by atoms with Gasteiger partial charge in [0.05, 0.1) is 0 Å². The van der Waals surface area contributed by atoms with Crippen molar-refractivity contribution in [2.75, 3.05) is 6.26 Å². The molecule has 1 aliphatic rings. The fraction of sp³-hybridized carbons (Fsp3) is 0.538. The van der Waals surface area contributed by atoms with Gasteiger partial charge in [-0.25, -0.2) is 4.84 Å². The molecule has 2 nitrogen and oxygen atoms in total. The third-order valence-electron chi connectivity index (χ3n) is 3.78. The molecular weight excluding hydrogens is 254 g/mol. The van der Waals surface area contributed by atoms with E-state index in [0.717, 1.165) is 6.42 Å². The van der Waals surface area contributed by atoms with E-state index in [1.54, 1.807) is 6.07 Å². The number of thioether (sulfide) groups is 1. The fourth-order valence-corrected chi connectivity index (χ4v) is 4.26. The quantitative estimate of drug-likeness (QED) is 0.811. The summed E-state index contributed by atoms with van der Waals surface area (Å²) in [5.74, 6) is 0.327. The molecule has 2 N–H and O–H groups in total. The van der Waals surface area contributed by atoms with E-state index in [0.29, 0.717) is 11.0 Å². The van der Waals surface area contributed by atoms with E-state index in [2.05, 4.69) is 24.9 Å². The smallest absolute Gasteiger partial charge is 0.115 e. The van der Waals surface area contributed by atoms with Gasteiger partial charge < -0.3 is 5.11 Å². The van der Waals surface area contributed by atoms with Crippen LogP contribution in [0.4, 0.5) is 0 Å². The number of fused-ring (bicyclic) bond motifs is 1. The first-order valence-corrected chi connectivity index (χ1v) is 7.38. The molecular formula is C13H18ClNOS. The topological polar surface area (TPSA) is 32.3 Å². The number of hydrogen-bond acceptors (Lipinski definition) is 3. The Hall–Kier alpha value is -0.380. The largest absolute Gasteiger partial charge is 0.508 e. The van der Waals surface area contributed by atoms with Crippen LogP contribution in [0.5, 0.6) is 5.75 Å². The van der Waals surface area contributed by atoms with Crippen LogP contribution in [-0.2, 0) is 11.8 Å². The molecule has 17 heavy (non-hydrogen) atoms. The molecule has 0 unspecified atom stereocenters. The molecule has 94 valence electrons. The van der Waals surface area contributed by atoms with Crippen LogP contribution in [-0.4, -0.2) is 22.7 Å². The molecule has 0 bridgehead atoms. The maximum Gasteiger partial charge on any atom is 0.115 e. The summed E-state index contributed by atoms with van der Waals surface area (Å²) in [6.45, 7) is 4.35. The van der Waals surface area contributed by atoms with E-state index in [1.165, 1.54) is 11.1 Å². The van der Waals surface area contributed by atoms with Crippen molar-refractivity contribution in [3.63, 3.8) is 0 Å². The number of phenols is 1. The van der Waals surface area contributed by atoms with Gasteiger partial charge in [-0.3, -0.25) is 0 Å². The Kier molecular flexibility index (Phi) is 3.62. The zero-order valence-electron chi connectivity index (χ0n) is 10.3. The molecule has 0 aromatic heterocycles. The third kappa shape index (κ3) is 2.16. The van der Waals surface area contributed by atoms with Gasteiger partial charge in [-0.05, 0) is 47.7 Å². The van der Waals surface area contributed by atoms with Gasteiger partial charge in [0, 0.05) is 16.7 Å². The summed E-state index contributed by atoms with van der Waals surface area (Å²) in [5, 5.41) is 10.1. The summed E-state index contributed by atoms with van der Waals surface area (Å²) >= 11 is 7.76. The lowest BCUT2D eigenvalue weighted by Gasteiger charge is -2.44. The van der Waals surface area contributed by atoms with E-state index in [4.69, 9.17) is 11.8 Å². The van der Waals surface area contributed by atoms with Crippen molar-refractivity contribution in [2.45, 2.75) is 37.0 Å². The van der Waals surface area contributed by atoms with Gasteiger partial charge >= 0.3 is 0 Å². The Labute approximate surface area is 112 Å². The summed E-state index contributed by atoms with van der Waals surface area (Å²) in [5.41, 5.74) is 2.43. The first-order valence-electron chi connectivity index (χ1n) is 5.72. The Morgan fingerprint density at radius 1 is 1.47 bits per heavy atom. The first kappa shape index (κ1) is 13.1. The summed E-state index contributed by atoms with van der Waals surface area (Å²) in [6, 6.07) is 5.86. The minimum absolute atomic E-state index is 0.0816. The fourth-order valence-electron chi connectivity index (χ4n) is 2.74. The van der Waals surface area contributed by atoms with Crippen LogP contribution in [0.1, 0.15) is 25.0 Å². The van der Waals surface area contributed by atoms with Crippen LogP contribution in [0.3, 0.4) is 0 Å². The molecule has 1 aliphatic carbocycles. The van der Waals surface area contributed by atoms with Crippen LogP contribution in [0.15, 0.2) is 18.2 Å². The summed E-state index contributed by atoms with van der Waals surface area (Å²) in [4.78, 5) is 2.93. The molecule has 4 heteroatoms. The molecule has 1 aromatic carbocycles. The monoisotopic (exact) mass is 271 g/mol. The summed E-state index contributed by atoms with van der Waals surface area (Å²) in [7, 11) is 0. The van der Waals surface area contributed by atoms with E-state index >= 15 is 0 Å². The molecule has 0 saturated carbocycles. The van der Waals surface area contributed by atoms with Crippen molar-refractivity contribution in [3.8, 4) is 5.75 Å². The van der Waals surface area contributed by atoms with Crippen molar-refractivity contribution in [1.29, 1.82) is 0 Å². The Bertz CT molecular complexity index is 422. The maximum absolute atomic E-state index is 9.64. The average molecular weight is 272 g/mol. The van der Waals surface area contributed by atoms with Crippen molar-refractivity contribution in [3.05, 3.63) is 29.3 Å². The van der Waals surface area contributed by atoms with Gasteiger partial charge in [0.2, 0.25) is 0 Å². The molecule has 0 heterocycles. The van der Waals surface area contributed by atoms with Crippen LogP contribution >= 0.6 is 23.5 Å². The molecule has 0 spiro atoms. The second-order valence-corrected chi connectivity index (χ2v) is 6.42. The number of nitrogens with one attached hydrogen (secondary N) is 1. The van der Waals surface area contributed by atoms with Crippen LogP contribution in [0, 0.1) is 0 Å². The van der Waals surface area contributed by atoms with E-state index in [-0.39, 0.29) is 11.5 Å². The highest BCUT2D eigenvalue weighted by Crippen LogP contribution is 2.42. The lowest BCUT2D eigenvalue weighted by molar-refractivity contribution is 0.349. The van der Waals surface area contributed by atoms with Crippen LogP contribution in [0.2, 0.25) is 0 Å². The van der Waals surface area contributed by atoms with Crippen molar-refractivity contribution >= 4 is 23.5 Å². The van der Waals surface area contributed by atoms with Crippen molar-refractivity contribution in [1.82, 2.24) is 4.84 Å². The molecule has 0 aliphatic heterocycles. The normalized spacial score (nSPS) is 26.6. The second-order valence-electron chi connectivity index (χ2n) is 5.13. The highest BCUT2D eigenvalue weighted by molar-refractivity contribution is 7.99. The summed E-state index contributed by atoms with van der Waals surface area (Å²) in [6.07, 6.45) is 3.11. The Balaban J connectivity index is 2.52. The van der Waals surface area contributed by atoms with Crippen molar-refractivity contribution in [2.24, 2.45) is 0 Å². The van der Waals surface area contributed by atoms with Crippen LogP contribution < -0.4 is 4.84 Å². The summed E-state index contributed by atoms with van der Waals surface area (Å²) < 4.78 is 0. The molecule has 0 amide bonds. The van der Waals surface area contributed by atoms with Gasteiger partial charge in [-0.2, -0.15) is 11.8 Å². The van der Waals surface area contributed by atoms with Gasteiger partial charge in [0.1, 0.15) is 5.75 Å². The highest BCUT2D eigenvalue weighted by Gasteiger charge is 2.42. The molecule has 0 saturated heterocycles. The maximum atomic E-state index is 9.64. The molecule has 2 atom stereocenters. The zero-order valence-corrected chi connectivity index (χ0v) is 11.9. The molecule has 1 aromatic rings. The van der Waals surface area contributed by atoms with Gasteiger partial charge in [0.15, 0.2) is 0 Å². The molecule has 0 radical (unpaired) electrons. The minimum atomic E-state index is -0.0816. The zero-order chi connectivity index (χ0) is 12.6. The predicted octanol–water partition coefficient (Wildman–Crippen LogP) is 3.07. The lowest BCUT2D eigenvalue weighted by Crippen LogP contribution is -2.52. The van der Waals surface area contributed by atoms with E-state index in [9.17, 15) is 5.11 Å². The molecule has 2 rings (SSSR count). The number of aromatic hydroxyl groups is 1. The average Bonchev–Trinajstić information content (AvgIpc) is 2.29. The number of halogens is 1. The first-order chi connectivity index (χ1) is 8.00. The van der Waals surface area contributed by atoms with Gasteiger partial charge in [0.25, 0.3) is 0 Å². The predicted molar refractivity (Wildman–Crippen MR) is 74.9 cm³/mol. The third-order valence-corrected chi connectivity index (χ3v) is 5.06. The van der Waals surface area contributed by atoms with Crippen molar-refractivity contribution < 1.29 is 5.11 Å². The number of benzene rings is 1. The van der Waals surface area contributed by atoms with Gasteiger partial charge in [-0.1, -0.05) is 19.9 Å². The number of hydrogen-bond donors (Lipinski definition) is 2. The SMILES string of the molecule is CS[C@@H]1Cc2ccc(O)cc2C(C)(C)[C@@H]1NCl. The van der Waals surface area contributed by atoms with E-state index in [1.807, 2.05) is 23.9 Å².